The maximum atomic E-state index is 12.8. The SMILES string of the molecule is CCCCC[C@H]([NH3+])C(=O)CC[C@H](Cc1ccccc1)B1OC2CC3CC(C3(C)C)[C@@]2(C)O1. The molecule has 1 heterocycles. The number of unbranched alkanes of at least 4 members (excludes halogenated alkanes) is 2. The molecule has 3 saturated carbocycles. The predicted molar refractivity (Wildman–Crippen MR) is 129 cm³/mol. The van der Waals surface area contributed by atoms with E-state index in [0.29, 0.717) is 23.5 Å². The lowest BCUT2D eigenvalue weighted by atomic mass is 9.43. The molecule has 3 unspecified atom stereocenters. The quantitative estimate of drug-likeness (QED) is 0.395. The highest BCUT2D eigenvalue weighted by atomic mass is 16.7. The summed E-state index contributed by atoms with van der Waals surface area (Å²) < 4.78 is 13.4. The van der Waals surface area contributed by atoms with Crippen LogP contribution in [-0.2, 0) is 20.5 Å². The van der Waals surface area contributed by atoms with Gasteiger partial charge >= 0.3 is 7.12 Å². The van der Waals surface area contributed by atoms with Crippen LogP contribution < -0.4 is 5.73 Å². The van der Waals surface area contributed by atoms with Crippen LogP contribution in [0.25, 0.3) is 0 Å². The van der Waals surface area contributed by atoms with Gasteiger partial charge in [0.05, 0.1) is 11.7 Å². The van der Waals surface area contributed by atoms with Crippen LogP contribution in [0.5, 0.6) is 0 Å². The smallest absolute Gasteiger partial charge is 0.405 e. The molecule has 2 bridgehead atoms. The lowest BCUT2D eigenvalue weighted by Crippen LogP contribution is -2.65. The fourth-order valence-electron chi connectivity index (χ4n) is 6.69. The van der Waals surface area contributed by atoms with Gasteiger partial charge in [0.2, 0.25) is 0 Å². The van der Waals surface area contributed by atoms with E-state index in [0.717, 1.165) is 38.0 Å². The van der Waals surface area contributed by atoms with Crippen LogP contribution in [-0.4, -0.2) is 30.6 Å². The number of carbonyl (C=O) groups excluding carboxylic acids is 1. The summed E-state index contributed by atoms with van der Waals surface area (Å²) in [7, 11) is -0.225. The molecule has 3 aliphatic carbocycles. The van der Waals surface area contributed by atoms with Crippen LogP contribution >= 0.6 is 0 Å². The number of hydrogen-bond donors (Lipinski definition) is 1. The Morgan fingerprint density at radius 2 is 1.91 bits per heavy atom. The Labute approximate surface area is 195 Å². The summed E-state index contributed by atoms with van der Waals surface area (Å²) in [5.41, 5.74) is 5.59. The van der Waals surface area contributed by atoms with Crippen molar-refractivity contribution in [2.45, 2.75) is 109 Å². The fraction of sp³-hybridized carbons (Fsp3) is 0.741. The number of quaternary nitrogens is 1. The predicted octanol–water partition coefficient (Wildman–Crippen LogP) is 4.87. The maximum absolute atomic E-state index is 12.8. The Morgan fingerprint density at radius 3 is 2.59 bits per heavy atom. The molecule has 4 nitrogen and oxygen atoms in total. The van der Waals surface area contributed by atoms with Crippen LogP contribution in [0.2, 0.25) is 5.82 Å². The third-order valence-electron chi connectivity index (χ3n) is 9.07. The van der Waals surface area contributed by atoms with E-state index in [1.54, 1.807) is 0 Å². The molecule has 1 aromatic carbocycles. The Bertz CT molecular complexity index is 784. The molecular weight excluding hydrogens is 397 g/mol. The third-order valence-corrected chi connectivity index (χ3v) is 9.07. The van der Waals surface area contributed by atoms with E-state index in [-0.39, 0.29) is 30.7 Å². The van der Waals surface area contributed by atoms with E-state index in [4.69, 9.17) is 9.31 Å². The Kier molecular flexibility index (Phi) is 7.19. The molecule has 6 atom stereocenters. The van der Waals surface area contributed by atoms with Crippen molar-refractivity contribution < 1.29 is 19.8 Å². The molecule has 5 rings (SSSR count). The van der Waals surface area contributed by atoms with Gasteiger partial charge in [-0.1, -0.05) is 63.9 Å². The van der Waals surface area contributed by atoms with Gasteiger partial charge in [0.15, 0.2) is 5.78 Å². The van der Waals surface area contributed by atoms with Crippen molar-refractivity contribution >= 4 is 12.9 Å². The molecule has 3 N–H and O–H groups in total. The molecule has 176 valence electrons. The number of hydrogen-bond acceptors (Lipinski definition) is 3. The molecule has 0 radical (unpaired) electrons. The minimum atomic E-state index is -0.225. The van der Waals surface area contributed by atoms with Crippen LogP contribution in [0.3, 0.4) is 0 Å². The molecule has 4 fully saturated rings. The summed E-state index contributed by atoms with van der Waals surface area (Å²) >= 11 is 0. The second-order valence-electron chi connectivity index (χ2n) is 11.5. The third kappa shape index (κ3) is 4.58. The van der Waals surface area contributed by atoms with Gasteiger partial charge in [-0.05, 0) is 67.7 Å². The summed E-state index contributed by atoms with van der Waals surface area (Å²) in [5, 5.41) is 0. The van der Waals surface area contributed by atoms with Crippen LogP contribution in [0.15, 0.2) is 30.3 Å². The van der Waals surface area contributed by atoms with Crippen molar-refractivity contribution in [3.8, 4) is 0 Å². The van der Waals surface area contributed by atoms with Crippen molar-refractivity contribution in [3.05, 3.63) is 35.9 Å². The van der Waals surface area contributed by atoms with Crippen molar-refractivity contribution in [1.29, 1.82) is 0 Å². The van der Waals surface area contributed by atoms with E-state index in [1.807, 2.05) is 0 Å². The zero-order valence-corrected chi connectivity index (χ0v) is 20.6. The van der Waals surface area contributed by atoms with Crippen LogP contribution in [0.1, 0.15) is 84.6 Å². The second kappa shape index (κ2) is 9.60. The van der Waals surface area contributed by atoms with Gasteiger partial charge < -0.3 is 15.0 Å². The minimum Gasteiger partial charge on any atom is -0.405 e. The molecule has 4 aliphatic rings. The van der Waals surface area contributed by atoms with E-state index >= 15 is 0 Å². The zero-order chi connectivity index (χ0) is 22.9. The van der Waals surface area contributed by atoms with Gasteiger partial charge in [-0.25, -0.2) is 0 Å². The van der Waals surface area contributed by atoms with E-state index in [1.165, 1.54) is 24.8 Å². The molecule has 0 spiro atoms. The second-order valence-corrected chi connectivity index (χ2v) is 11.5. The first-order chi connectivity index (χ1) is 15.3. The molecule has 0 amide bonds. The fourth-order valence-corrected chi connectivity index (χ4v) is 6.69. The highest BCUT2D eigenvalue weighted by molar-refractivity contribution is 6.47. The van der Waals surface area contributed by atoms with Gasteiger partial charge in [-0.2, -0.15) is 0 Å². The largest absolute Gasteiger partial charge is 0.461 e. The lowest BCUT2D eigenvalue weighted by molar-refractivity contribution is -0.404. The van der Waals surface area contributed by atoms with Crippen molar-refractivity contribution in [2.24, 2.45) is 17.3 Å². The first kappa shape index (κ1) is 24.0. The number of rotatable bonds is 11. The monoisotopic (exact) mass is 440 g/mol. The minimum absolute atomic E-state index is 0.0857. The average Bonchev–Trinajstić information content (AvgIpc) is 3.14. The summed E-state index contributed by atoms with van der Waals surface area (Å²) in [6.07, 6.45) is 9.17. The Morgan fingerprint density at radius 1 is 1.16 bits per heavy atom. The van der Waals surface area contributed by atoms with Crippen molar-refractivity contribution in [3.63, 3.8) is 0 Å². The first-order valence-electron chi connectivity index (χ1n) is 13.0. The van der Waals surface area contributed by atoms with Gasteiger partial charge in [0.25, 0.3) is 0 Å². The van der Waals surface area contributed by atoms with Gasteiger partial charge in [-0.3, -0.25) is 4.79 Å². The summed E-state index contributed by atoms with van der Waals surface area (Å²) in [6.45, 7) is 9.27. The average molecular weight is 440 g/mol. The zero-order valence-electron chi connectivity index (χ0n) is 20.6. The van der Waals surface area contributed by atoms with Crippen molar-refractivity contribution in [1.82, 2.24) is 0 Å². The van der Waals surface area contributed by atoms with E-state index < -0.39 is 0 Å². The standard InChI is InChI=1S/C27H42BNO3/c1-5-6-8-13-22(29)23(30)15-14-21(16-19-11-9-7-10-12-19)28-31-25-18-20-17-24(26(20,2)3)27(25,4)32-28/h7,9-12,20-22,24-25H,5-6,8,13-18,29H2,1-4H3/p+1/t20?,21-,22+,24?,25?,27-/m1/s1. The van der Waals surface area contributed by atoms with Gasteiger partial charge in [0.1, 0.15) is 6.04 Å². The summed E-state index contributed by atoms with van der Waals surface area (Å²) in [5.74, 6) is 1.79. The molecule has 1 saturated heterocycles. The number of benzene rings is 1. The summed E-state index contributed by atoms with van der Waals surface area (Å²) in [4.78, 5) is 12.8. The van der Waals surface area contributed by atoms with Crippen LogP contribution in [0.4, 0.5) is 0 Å². The maximum Gasteiger partial charge on any atom is 0.461 e. The molecule has 1 aromatic rings. The normalized spacial score (nSPS) is 32.2. The number of Topliss-reactive ketones (excluding diaryl/α,β-unsaturated/α-hetero) is 1. The van der Waals surface area contributed by atoms with Gasteiger partial charge in [0, 0.05) is 12.8 Å². The molecular formula is C27H43BNO3+. The molecule has 1 aliphatic heterocycles. The number of carbonyl (C=O) groups is 1. The Balaban J connectivity index is 1.43. The topological polar surface area (TPSA) is 63.2 Å². The number of ketones is 1. The van der Waals surface area contributed by atoms with E-state index in [2.05, 4.69) is 63.8 Å². The summed E-state index contributed by atoms with van der Waals surface area (Å²) in [6, 6.07) is 10.5. The van der Waals surface area contributed by atoms with Crippen LogP contribution in [0, 0.1) is 17.3 Å². The highest BCUT2D eigenvalue weighted by Gasteiger charge is 2.68. The molecule has 32 heavy (non-hydrogen) atoms. The first-order valence-corrected chi connectivity index (χ1v) is 13.0. The molecule has 0 aromatic heterocycles. The highest BCUT2D eigenvalue weighted by Crippen LogP contribution is 2.66. The molecule has 5 heteroatoms. The van der Waals surface area contributed by atoms with Crippen molar-refractivity contribution in [2.75, 3.05) is 0 Å². The van der Waals surface area contributed by atoms with E-state index in [9.17, 15) is 4.79 Å². The Hall–Kier alpha value is -1.17. The van der Waals surface area contributed by atoms with Gasteiger partial charge in [-0.15, -0.1) is 0 Å². The lowest BCUT2D eigenvalue weighted by Gasteiger charge is -2.64.